The molecule has 1 rings (SSSR count). The van der Waals surface area contributed by atoms with Crippen molar-refractivity contribution in [1.29, 1.82) is 0 Å². The van der Waals surface area contributed by atoms with Gasteiger partial charge in [0.1, 0.15) is 0 Å². The number of rotatable bonds is 4. The van der Waals surface area contributed by atoms with E-state index in [0.29, 0.717) is 12.1 Å². The Balaban J connectivity index is 2.86. The van der Waals surface area contributed by atoms with Gasteiger partial charge in [-0.05, 0) is 39.0 Å². The predicted molar refractivity (Wildman–Crippen MR) is 67.1 cm³/mol. The fraction of sp³-hybridized carbons (Fsp3) is 0.923. The number of amides is 1. The standard InChI is InChI=1S/C13H26N2O/c1-5-11-9-8-10(4)15(11)12(16)13(14,6-2)7-3/h10-11H,5-9,14H2,1-4H3. The van der Waals surface area contributed by atoms with Gasteiger partial charge in [0.25, 0.3) is 0 Å². The van der Waals surface area contributed by atoms with Crippen molar-refractivity contribution in [3.8, 4) is 0 Å². The first-order valence-electron chi connectivity index (χ1n) is 6.61. The fourth-order valence-corrected chi connectivity index (χ4v) is 2.65. The van der Waals surface area contributed by atoms with Crippen LogP contribution in [0.5, 0.6) is 0 Å². The third-order valence-corrected chi connectivity index (χ3v) is 4.18. The van der Waals surface area contributed by atoms with Crippen LogP contribution >= 0.6 is 0 Å². The predicted octanol–water partition coefficient (Wildman–Crippen LogP) is 2.29. The van der Waals surface area contributed by atoms with Gasteiger partial charge in [-0.25, -0.2) is 0 Å². The first-order chi connectivity index (χ1) is 7.50. The molecule has 1 aliphatic rings. The zero-order chi connectivity index (χ0) is 12.3. The first-order valence-corrected chi connectivity index (χ1v) is 6.61. The monoisotopic (exact) mass is 226 g/mol. The van der Waals surface area contributed by atoms with Crippen LogP contribution in [0, 0.1) is 0 Å². The second-order valence-electron chi connectivity index (χ2n) is 5.06. The van der Waals surface area contributed by atoms with Gasteiger partial charge in [-0.1, -0.05) is 20.8 Å². The number of carbonyl (C=O) groups excluding carboxylic acids is 1. The van der Waals surface area contributed by atoms with Crippen LogP contribution in [0.25, 0.3) is 0 Å². The van der Waals surface area contributed by atoms with E-state index in [2.05, 4.69) is 13.8 Å². The second-order valence-corrected chi connectivity index (χ2v) is 5.06. The third-order valence-electron chi connectivity index (χ3n) is 4.18. The SMILES string of the molecule is CCC1CCC(C)N1C(=O)C(N)(CC)CC. The quantitative estimate of drug-likeness (QED) is 0.799. The molecule has 16 heavy (non-hydrogen) atoms. The maximum Gasteiger partial charge on any atom is 0.243 e. The van der Waals surface area contributed by atoms with Gasteiger partial charge in [-0.15, -0.1) is 0 Å². The van der Waals surface area contributed by atoms with Crippen LogP contribution in [0.3, 0.4) is 0 Å². The van der Waals surface area contributed by atoms with Crippen LogP contribution in [-0.4, -0.2) is 28.4 Å². The molecule has 0 aromatic heterocycles. The Kier molecular flexibility index (Phi) is 4.36. The molecule has 0 radical (unpaired) electrons. The van der Waals surface area contributed by atoms with Crippen molar-refractivity contribution >= 4 is 5.91 Å². The highest BCUT2D eigenvalue weighted by molar-refractivity contribution is 5.86. The van der Waals surface area contributed by atoms with Crippen LogP contribution in [-0.2, 0) is 4.79 Å². The van der Waals surface area contributed by atoms with E-state index in [-0.39, 0.29) is 5.91 Å². The van der Waals surface area contributed by atoms with E-state index >= 15 is 0 Å². The fourth-order valence-electron chi connectivity index (χ4n) is 2.65. The van der Waals surface area contributed by atoms with Gasteiger partial charge in [-0.2, -0.15) is 0 Å². The zero-order valence-electron chi connectivity index (χ0n) is 11.1. The molecule has 0 bridgehead atoms. The molecule has 1 aliphatic heterocycles. The van der Waals surface area contributed by atoms with E-state index in [1.807, 2.05) is 18.7 Å². The highest BCUT2D eigenvalue weighted by Gasteiger charge is 2.41. The summed E-state index contributed by atoms with van der Waals surface area (Å²) in [5, 5.41) is 0. The largest absolute Gasteiger partial charge is 0.335 e. The van der Waals surface area contributed by atoms with Crippen molar-refractivity contribution in [1.82, 2.24) is 4.90 Å². The Hall–Kier alpha value is -0.570. The van der Waals surface area contributed by atoms with Crippen molar-refractivity contribution in [2.75, 3.05) is 0 Å². The molecule has 1 amide bonds. The number of nitrogens with two attached hydrogens (primary N) is 1. The Morgan fingerprint density at radius 3 is 2.31 bits per heavy atom. The molecule has 0 spiro atoms. The molecule has 0 aliphatic carbocycles. The van der Waals surface area contributed by atoms with Gasteiger partial charge < -0.3 is 10.6 Å². The van der Waals surface area contributed by atoms with Crippen molar-refractivity contribution < 1.29 is 4.79 Å². The van der Waals surface area contributed by atoms with Gasteiger partial charge in [0, 0.05) is 12.1 Å². The molecular weight excluding hydrogens is 200 g/mol. The van der Waals surface area contributed by atoms with E-state index < -0.39 is 5.54 Å². The zero-order valence-corrected chi connectivity index (χ0v) is 11.1. The summed E-state index contributed by atoms with van der Waals surface area (Å²) in [6, 6.07) is 0.766. The number of hydrogen-bond acceptors (Lipinski definition) is 2. The molecule has 1 heterocycles. The van der Waals surface area contributed by atoms with Gasteiger partial charge in [0.2, 0.25) is 5.91 Å². The number of nitrogens with zero attached hydrogens (tertiary/aromatic N) is 1. The first kappa shape index (κ1) is 13.5. The minimum atomic E-state index is -0.647. The highest BCUT2D eigenvalue weighted by Crippen LogP contribution is 2.29. The molecule has 2 unspecified atom stereocenters. The molecule has 2 N–H and O–H groups in total. The molecule has 1 saturated heterocycles. The van der Waals surface area contributed by atoms with Gasteiger partial charge >= 0.3 is 0 Å². The topological polar surface area (TPSA) is 46.3 Å². The summed E-state index contributed by atoms with van der Waals surface area (Å²) in [6.07, 6.45) is 4.74. The molecule has 94 valence electrons. The molecular formula is C13H26N2O. The lowest BCUT2D eigenvalue weighted by molar-refractivity contribution is -0.140. The van der Waals surface area contributed by atoms with Crippen molar-refractivity contribution in [2.24, 2.45) is 5.73 Å². The van der Waals surface area contributed by atoms with Crippen LogP contribution in [0.4, 0.5) is 0 Å². The van der Waals surface area contributed by atoms with Gasteiger partial charge in [-0.3, -0.25) is 4.79 Å². The summed E-state index contributed by atoms with van der Waals surface area (Å²) in [7, 11) is 0. The van der Waals surface area contributed by atoms with E-state index in [0.717, 1.165) is 32.1 Å². The average Bonchev–Trinajstić information content (AvgIpc) is 2.68. The van der Waals surface area contributed by atoms with E-state index in [9.17, 15) is 4.79 Å². The van der Waals surface area contributed by atoms with E-state index in [4.69, 9.17) is 5.73 Å². The molecule has 2 atom stereocenters. The van der Waals surface area contributed by atoms with Crippen molar-refractivity contribution in [3.63, 3.8) is 0 Å². The molecule has 1 fully saturated rings. The lowest BCUT2D eigenvalue weighted by Gasteiger charge is -2.36. The lowest BCUT2D eigenvalue weighted by atomic mass is 9.91. The number of likely N-dealkylation sites (tertiary alicyclic amines) is 1. The molecule has 0 aromatic rings. The third kappa shape index (κ3) is 2.24. The minimum Gasteiger partial charge on any atom is -0.335 e. The summed E-state index contributed by atoms with van der Waals surface area (Å²) in [4.78, 5) is 14.6. The van der Waals surface area contributed by atoms with Crippen molar-refractivity contribution in [3.05, 3.63) is 0 Å². The maximum absolute atomic E-state index is 12.5. The van der Waals surface area contributed by atoms with Crippen LogP contribution in [0.15, 0.2) is 0 Å². The Morgan fingerprint density at radius 1 is 1.31 bits per heavy atom. The smallest absolute Gasteiger partial charge is 0.243 e. The molecule has 3 nitrogen and oxygen atoms in total. The number of hydrogen-bond donors (Lipinski definition) is 1. The van der Waals surface area contributed by atoms with E-state index in [1.54, 1.807) is 0 Å². The summed E-state index contributed by atoms with van der Waals surface area (Å²) < 4.78 is 0. The molecule has 0 aromatic carbocycles. The summed E-state index contributed by atoms with van der Waals surface area (Å²) in [5.74, 6) is 0.161. The Morgan fingerprint density at radius 2 is 1.88 bits per heavy atom. The molecule has 0 saturated carbocycles. The highest BCUT2D eigenvalue weighted by atomic mass is 16.2. The Labute approximate surface area is 99.4 Å². The molecule has 3 heteroatoms. The minimum absolute atomic E-state index is 0.161. The second kappa shape index (κ2) is 5.17. The van der Waals surface area contributed by atoms with Crippen LogP contribution in [0.2, 0.25) is 0 Å². The van der Waals surface area contributed by atoms with E-state index in [1.165, 1.54) is 0 Å². The van der Waals surface area contributed by atoms with Crippen LogP contribution in [0.1, 0.15) is 59.8 Å². The average molecular weight is 226 g/mol. The van der Waals surface area contributed by atoms with Crippen molar-refractivity contribution in [2.45, 2.75) is 77.4 Å². The summed E-state index contributed by atoms with van der Waals surface area (Å²) in [5.41, 5.74) is 5.56. The maximum atomic E-state index is 12.5. The van der Waals surface area contributed by atoms with Gasteiger partial charge in [0.15, 0.2) is 0 Å². The lowest BCUT2D eigenvalue weighted by Crippen LogP contribution is -2.57. The Bertz CT molecular complexity index is 248. The summed E-state index contributed by atoms with van der Waals surface area (Å²) >= 11 is 0. The van der Waals surface area contributed by atoms with Crippen LogP contribution < -0.4 is 5.73 Å². The summed E-state index contributed by atoms with van der Waals surface area (Å²) in [6.45, 7) is 8.30. The normalized spacial score (nSPS) is 26.2. The van der Waals surface area contributed by atoms with Gasteiger partial charge in [0.05, 0.1) is 5.54 Å². The number of carbonyl (C=O) groups is 1.